The lowest BCUT2D eigenvalue weighted by Gasteiger charge is -2.22. The first-order valence-corrected chi connectivity index (χ1v) is 8.85. The van der Waals surface area contributed by atoms with Gasteiger partial charge in [0.05, 0.1) is 4.90 Å². The van der Waals surface area contributed by atoms with Crippen LogP contribution in [-0.4, -0.2) is 25.8 Å². The van der Waals surface area contributed by atoms with E-state index in [2.05, 4.69) is 0 Å². The van der Waals surface area contributed by atoms with E-state index in [1.54, 1.807) is 12.1 Å². The fourth-order valence-electron chi connectivity index (χ4n) is 2.26. The Morgan fingerprint density at radius 3 is 2.09 bits per heavy atom. The summed E-state index contributed by atoms with van der Waals surface area (Å²) in [5.41, 5.74) is 7.66. The van der Waals surface area contributed by atoms with E-state index >= 15 is 0 Å². The lowest BCUT2D eigenvalue weighted by atomic mass is 10.2. The van der Waals surface area contributed by atoms with Crippen molar-refractivity contribution in [2.24, 2.45) is 5.73 Å². The Hall–Kier alpha value is -1.40. The lowest BCUT2D eigenvalue weighted by Crippen LogP contribution is -2.34. The van der Waals surface area contributed by atoms with Gasteiger partial charge in [-0.1, -0.05) is 49.4 Å². The van der Waals surface area contributed by atoms with E-state index in [0.717, 1.165) is 17.5 Å². The number of benzene rings is 2. The minimum atomic E-state index is -3.53. The zero-order valence-electron chi connectivity index (χ0n) is 13.2. The summed E-state index contributed by atoms with van der Waals surface area (Å²) in [5, 5.41) is 0. The van der Waals surface area contributed by atoms with E-state index in [4.69, 9.17) is 5.73 Å². The van der Waals surface area contributed by atoms with Crippen molar-refractivity contribution in [2.75, 3.05) is 13.1 Å². The quantitative estimate of drug-likeness (QED) is 0.831. The minimum absolute atomic E-state index is 0. The Kier molecular flexibility index (Phi) is 7.72. The number of nitrogens with zero attached hydrogens (tertiary/aromatic N) is 1. The predicted octanol–water partition coefficient (Wildman–Crippen LogP) is 2.82. The van der Waals surface area contributed by atoms with Gasteiger partial charge in [0, 0.05) is 19.6 Å². The molecule has 0 aromatic heterocycles. The van der Waals surface area contributed by atoms with Gasteiger partial charge >= 0.3 is 0 Å². The van der Waals surface area contributed by atoms with Crippen LogP contribution in [0, 0.1) is 0 Å². The van der Waals surface area contributed by atoms with Crippen LogP contribution in [-0.2, 0) is 23.0 Å². The molecule has 4 nitrogen and oxygen atoms in total. The summed E-state index contributed by atoms with van der Waals surface area (Å²) < 4.78 is 27.0. The van der Waals surface area contributed by atoms with E-state index in [9.17, 15) is 8.42 Å². The molecule has 0 bridgehead atoms. The number of hydrogen-bond acceptors (Lipinski definition) is 3. The number of nitrogens with two attached hydrogens (primary N) is 1. The molecular formula is C17H23ClN2O2S. The molecule has 2 aromatic rings. The van der Waals surface area contributed by atoms with Gasteiger partial charge in [-0.3, -0.25) is 0 Å². The largest absolute Gasteiger partial charge is 0.329 e. The second kappa shape index (κ2) is 9.03. The Balaban J connectivity index is 0.00000264. The minimum Gasteiger partial charge on any atom is -0.329 e. The molecule has 0 aliphatic carbocycles. The summed E-state index contributed by atoms with van der Waals surface area (Å²) >= 11 is 0. The van der Waals surface area contributed by atoms with Gasteiger partial charge in [-0.25, -0.2) is 8.42 Å². The van der Waals surface area contributed by atoms with Crippen LogP contribution in [0.1, 0.15) is 18.1 Å². The van der Waals surface area contributed by atoms with Crippen LogP contribution in [0.5, 0.6) is 0 Å². The highest BCUT2D eigenvalue weighted by Crippen LogP contribution is 2.19. The standard InChI is InChI=1S/C17H22N2O2S.ClH/c1-2-15-8-10-17(11-9-15)22(20,21)19(13-12-18)14-16-6-4-3-5-7-16;/h3-11H,2,12-14,18H2,1H3;1H. The maximum atomic E-state index is 12.8. The fourth-order valence-corrected chi connectivity index (χ4v) is 3.70. The molecule has 0 amide bonds. The molecule has 0 spiro atoms. The van der Waals surface area contributed by atoms with Crippen molar-refractivity contribution in [1.82, 2.24) is 4.31 Å². The van der Waals surface area contributed by atoms with Crippen LogP contribution in [0.25, 0.3) is 0 Å². The molecule has 6 heteroatoms. The fraction of sp³-hybridized carbons (Fsp3) is 0.294. The monoisotopic (exact) mass is 354 g/mol. The van der Waals surface area contributed by atoms with Gasteiger partial charge in [-0.05, 0) is 29.7 Å². The topological polar surface area (TPSA) is 63.4 Å². The Bertz CT molecular complexity index is 688. The van der Waals surface area contributed by atoms with E-state index in [1.165, 1.54) is 4.31 Å². The predicted molar refractivity (Wildman–Crippen MR) is 96.2 cm³/mol. The van der Waals surface area contributed by atoms with Crippen LogP contribution in [0.4, 0.5) is 0 Å². The molecule has 0 saturated heterocycles. The summed E-state index contributed by atoms with van der Waals surface area (Å²) in [5.74, 6) is 0. The Labute approximate surface area is 144 Å². The second-order valence-corrected chi connectivity index (χ2v) is 7.05. The zero-order chi connectivity index (χ0) is 16.0. The van der Waals surface area contributed by atoms with Crippen molar-refractivity contribution < 1.29 is 8.42 Å². The molecule has 0 radical (unpaired) electrons. The molecule has 126 valence electrons. The first kappa shape index (κ1) is 19.6. The van der Waals surface area contributed by atoms with Gasteiger partial charge in [0.2, 0.25) is 10.0 Å². The van der Waals surface area contributed by atoms with Gasteiger partial charge in [-0.2, -0.15) is 4.31 Å². The van der Waals surface area contributed by atoms with Gasteiger partial charge in [-0.15, -0.1) is 12.4 Å². The smallest absolute Gasteiger partial charge is 0.243 e. The van der Waals surface area contributed by atoms with Crippen LogP contribution in [0.15, 0.2) is 59.5 Å². The van der Waals surface area contributed by atoms with E-state index < -0.39 is 10.0 Å². The summed E-state index contributed by atoms with van der Waals surface area (Å²) in [6.45, 7) is 2.96. The SMILES string of the molecule is CCc1ccc(S(=O)(=O)N(CCN)Cc2ccccc2)cc1.Cl. The molecule has 0 saturated carbocycles. The van der Waals surface area contributed by atoms with Gasteiger partial charge in [0.1, 0.15) is 0 Å². The molecule has 0 heterocycles. The van der Waals surface area contributed by atoms with Crippen molar-refractivity contribution in [3.05, 3.63) is 65.7 Å². The molecule has 0 aliphatic heterocycles. The number of halogens is 1. The third-order valence-electron chi connectivity index (χ3n) is 3.55. The van der Waals surface area contributed by atoms with E-state index in [-0.39, 0.29) is 12.4 Å². The second-order valence-electron chi connectivity index (χ2n) is 5.11. The summed E-state index contributed by atoms with van der Waals surface area (Å²) in [4.78, 5) is 0.314. The van der Waals surface area contributed by atoms with E-state index in [1.807, 2.05) is 49.4 Å². The molecule has 23 heavy (non-hydrogen) atoms. The van der Waals surface area contributed by atoms with Crippen LogP contribution >= 0.6 is 12.4 Å². The van der Waals surface area contributed by atoms with E-state index in [0.29, 0.717) is 24.5 Å². The maximum Gasteiger partial charge on any atom is 0.243 e. The highest BCUT2D eigenvalue weighted by atomic mass is 35.5. The normalized spacial score (nSPS) is 11.3. The highest BCUT2D eigenvalue weighted by Gasteiger charge is 2.23. The first-order chi connectivity index (χ1) is 10.6. The number of hydrogen-bond donors (Lipinski definition) is 1. The molecule has 0 fully saturated rings. The van der Waals surface area contributed by atoms with Crippen molar-refractivity contribution in [1.29, 1.82) is 0 Å². The Morgan fingerprint density at radius 2 is 1.57 bits per heavy atom. The van der Waals surface area contributed by atoms with Gasteiger partial charge in [0.15, 0.2) is 0 Å². The third kappa shape index (κ3) is 5.04. The zero-order valence-corrected chi connectivity index (χ0v) is 14.8. The van der Waals surface area contributed by atoms with Crippen LogP contribution < -0.4 is 5.73 Å². The molecule has 2 rings (SSSR count). The summed E-state index contributed by atoms with van der Waals surface area (Å²) in [6.07, 6.45) is 0.886. The van der Waals surface area contributed by atoms with Gasteiger partial charge in [0.25, 0.3) is 0 Å². The summed E-state index contributed by atoms with van der Waals surface area (Å²) in [7, 11) is -3.53. The maximum absolute atomic E-state index is 12.8. The van der Waals surface area contributed by atoms with Crippen LogP contribution in [0.3, 0.4) is 0 Å². The molecular weight excluding hydrogens is 332 g/mol. The van der Waals surface area contributed by atoms with Crippen LogP contribution in [0.2, 0.25) is 0 Å². The molecule has 0 aliphatic rings. The number of sulfonamides is 1. The number of rotatable bonds is 7. The van der Waals surface area contributed by atoms with Crippen molar-refractivity contribution >= 4 is 22.4 Å². The van der Waals surface area contributed by atoms with Crippen molar-refractivity contribution in [2.45, 2.75) is 24.8 Å². The van der Waals surface area contributed by atoms with Gasteiger partial charge < -0.3 is 5.73 Å². The molecule has 2 aromatic carbocycles. The summed E-state index contributed by atoms with van der Waals surface area (Å²) in [6, 6.07) is 16.6. The lowest BCUT2D eigenvalue weighted by molar-refractivity contribution is 0.414. The third-order valence-corrected chi connectivity index (χ3v) is 5.41. The van der Waals surface area contributed by atoms with Crippen molar-refractivity contribution in [3.8, 4) is 0 Å². The molecule has 2 N–H and O–H groups in total. The average Bonchev–Trinajstić information content (AvgIpc) is 2.55. The molecule has 0 unspecified atom stereocenters. The number of aryl methyl sites for hydroxylation is 1. The highest BCUT2D eigenvalue weighted by molar-refractivity contribution is 7.89. The Morgan fingerprint density at radius 1 is 0.957 bits per heavy atom. The first-order valence-electron chi connectivity index (χ1n) is 7.41. The molecule has 0 atom stereocenters. The van der Waals surface area contributed by atoms with Crippen molar-refractivity contribution in [3.63, 3.8) is 0 Å². The average molecular weight is 355 g/mol.